The molecule has 0 amide bonds. The molecular weight excluding hydrogens is 328 g/mol. The Bertz CT molecular complexity index is 1040. The van der Waals surface area contributed by atoms with Gasteiger partial charge in [0.2, 0.25) is 5.95 Å². The molecule has 3 aromatic heterocycles. The lowest BCUT2D eigenvalue weighted by Gasteiger charge is -2.12. The Morgan fingerprint density at radius 3 is 2.96 bits per heavy atom. The van der Waals surface area contributed by atoms with Gasteiger partial charge in [0.1, 0.15) is 0 Å². The molecule has 0 saturated heterocycles. The highest BCUT2D eigenvalue weighted by Gasteiger charge is 2.12. The summed E-state index contributed by atoms with van der Waals surface area (Å²) in [7, 11) is 1.63. The zero-order valence-corrected chi connectivity index (χ0v) is 14.4. The number of hydrogen-bond acceptors (Lipinski definition) is 6. The van der Waals surface area contributed by atoms with E-state index in [1.165, 1.54) is 0 Å². The summed E-state index contributed by atoms with van der Waals surface area (Å²) in [5.74, 6) is 0.538. The van der Waals surface area contributed by atoms with Crippen molar-refractivity contribution < 1.29 is 4.74 Å². The fraction of sp³-hybridized carbons (Fsp3) is 0.211. The first-order valence-corrected chi connectivity index (χ1v) is 8.42. The summed E-state index contributed by atoms with van der Waals surface area (Å²) < 4.78 is 5.05. The van der Waals surface area contributed by atoms with Crippen molar-refractivity contribution in [3.8, 4) is 11.1 Å². The number of pyridine rings is 1. The van der Waals surface area contributed by atoms with Crippen LogP contribution in [0.4, 0.5) is 5.95 Å². The molecule has 1 unspecified atom stereocenters. The zero-order valence-electron chi connectivity index (χ0n) is 14.4. The van der Waals surface area contributed by atoms with Crippen LogP contribution in [0.15, 0.2) is 49.1 Å². The van der Waals surface area contributed by atoms with Crippen LogP contribution in [-0.4, -0.2) is 46.2 Å². The molecule has 0 aliphatic carbocycles. The first-order valence-electron chi connectivity index (χ1n) is 8.42. The molecule has 1 aromatic carbocycles. The monoisotopic (exact) mass is 348 g/mol. The molecule has 132 valence electrons. The first-order chi connectivity index (χ1) is 12.8. The lowest BCUT2D eigenvalue weighted by molar-refractivity contribution is 0.183. The Morgan fingerprint density at radius 1 is 1.19 bits per heavy atom. The van der Waals surface area contributed by atoms with Crippen LogP contribution < -0.4 is 11.1 Å². The van der Waals surface area contributed by atoms with Gasteiger partial charge in [-0.1, -0.05) is 18.2 Å². The number of nitrogens with zero attached hydrogens (tertiary/aromatic N) is 3. The van der Waals surface area contributed by atoms with Crippen molar-refractivity contribution >= 4 is 27.8 Å². The Balaban J connectivity index is 1.74. The van der Waals surface area contributed by atoms with E-state index < -0.39 is 0 Å². The number of aromatic amines is 1. The largest absolute Gasteiger partial charge is 0.383 e. The van der Waals surface area contributed by atoms with Gasteiger partial charge in [0, 0.05) is 71.9 Å². The van der Waals surface area contributed by atoms with E-state index in [2.05, 4.69) is 32.4 Å². The van der Waals surface area contributed by atoms with Crippen LogP contribution in [0.25, 0.3) is 32.9 Å². The molecule has 0 spiro atoms. The summed E-state index contributed by atoms with van der Waals surface area (Å²) in [4.78, 5) is 16.7. The molecule has 4 rings (SSSR count). The molecule has 7 heteroatoms. The van der Waals surface area contributed by atoms with Crippen LogP contribution in [0.2, 0.25) is 0 Å². The lowest BCUT2D eigenvalue weighted by atomic mass is 10.0. The van der Waals surface area contributed by atoms with Crippen molar-refractivity contribution in [2.75, 3.05) is 25.6 Å². The van der Waals surface area contributed by atoms with Crippen molar-refractivity contribution in [1.82, 2.24) is 19.9 Å². The number of para-hydroxylation sites is 1. The van der Waals surface area contributed by atoms with Gasteiger partial charge in [0.05, 0.1) is 12.1 Å². The third-order valence-corrected chi connectivity index (χ3v) is 4.27. The van der Waals surface area contributed by atoms with E-state index in [1.54, 1.807) is 19.5 Å². The van der Waals surface area contributed by atoms with Gasteiger partial charge in [-0.2, -0.15) is 0 Å². The van der Waals surface area contributed by atoms with E-state index >= 15 is 0 Å². The number of methoxy groups -OCH3 is 1. The zero-order chi connectivity index (χ0) is 17.9. The Hall–Kier alpha value is -3.03. The molecule has 3 heterocycles. The Labute approximate surface area is 150 Å². The van der Waals surface area contributed by atoms with Crippen LogP contribution >= 0.6 is 0 Å². The highest BCUT2D eigenvalue weighted by Crippen LogP contribution is 2.32. The summed E-state index contributed by atoms with van der Waals surface area (Å²) in [5.41, 5.74) is 9.92. The molecule has 26 heavy (non-hydrogen) atoms. The molecule has 7 nitrogen and oxygen atoms in total. The number of aromatic nitrogens is 4. The molecule has 0 saturated carbocycles. The number of nitrogens with two attached hydrogens (primary N) is 1. The number of H-pyrrole nitrogens is 1. The predicted molar refractivity (Wildman–Crippen MR) is 103 cm³/mol. The van der Waals surface area contributed by atoms with Crippen LogP contribution in [0.1, 0.15) is 0 Å². The average molecular weight is 348 g/mol. The third-order valence-electron chi connectivity index (χ3n) is 4.27. The number of anilines is 1. The SMILES string of the molecule is COCC(N)CNc1ncc2cncc(-c3c[nH]c4ccccc34)c2n1. The van der Waals surface area contributed by atoms with Crippen LogP contribution in [-0.2, 0) is 4.74 Å². The van der Waals surface area contributed by atoms with Crippen LogP contribution in [0, 0.1) is 0 Å². The molecule has 0 fully saturated rings. The van der Waals surface area contributed by atoms with E-state index in [0.717, 1.165) is 32.9 Å². The minimum Gasteiger partial charge on any atom is -0.383 e. The fourth-order valence-corrected chi connectivity index (χ4v) is 3.03. The van der Waals surface area contributed by atoms with Gasteiger partial charge in [0.15, 0.2) is 0 Å². The summed E-state index contributed by atoms with van der Waals surface area (Å²) in [6.07, 6.45) is 7.38. The summed E-state index contributed by atoms with van der Waals surface area (Å²) in [5, 5.41) is 5.20. The van der Waals surface area contributed by atoms with Crippen LogP contribution in [0.5, 0.6) is 0 Å². The third kappa shape index (κ3) is 3.10. The second-order valence-corrected chi connectivity index (χ2v) is 6.16. The van der Waals surface area contributed by atoms with Crippen molar-refractivity contribution in [1.29, 1.82) is 0 Å². The molecule has 0 aliphatic rings. The minimum atomic E-state index is -0.121. The van der Waals surface area contributed by atoms with Gasteiger partial charge in [-0.3, -0.25) is 4.98 Å². The topological polar surface area (TPSA) is 102 Å². The van der Waals surface area contributed by atoms with Crippen molar-refractivity contribution in [3.05, 3.63) is 49.1 Å². The summed E-state index contributed by atoms with van der Waals surface area (Å²) >= 11 is 0. The smallest absolute Gasteiger partial charge is 0.223 e. The number of benzene rings is 1. The summed E-state index contributed by atoms with van der Waals surface area (Å²) in [6.45, 7) is 1.01. The normalized spacial score (nSPS) is 12.5. The van der Waals surface area contributed by atoms with E-state index in [1.807, 2.05) is 24.5 Å². The molecule has 4 aromatic rings. The Kier molecular flexibility index (Phi) is 4.47. The fourth-order valence-electron chi connectivity index (χ4n) is 3.03. The maximum atomic E-state index is 5.96. The molecular formula is C19H20N6O. The second-order valence-electron chi connectivity index (χ2n) is 6.16. The second kappa shape index (κ2) is 7.07. The van der Waals surface area contributed by atoms with Crippen molar-refractivity contribution in [3.63, 3.8) is 0 Å². The van der Waals surface area contributed by atoms with E-state index in [9.17, 15) is 0 Å². The number of ether oxygens (including phenoxy) is 1. The maximum Gasteiger partial charge on any atom is 0.223 e. The molecule has 1 atom stereocenters. The molecule has 0 radical (unpaired) electrons. The Morgan fingerprint density at radius 2 is 2.08 bits per heavy atom. The highest BCUT2D eigenvalue weighted by atomic mass is 16.5. The number of rotatable bonds is 6. The first kappa shape index (κ1) is 16.4. The molecule has 4 N–H and O–H groups in total. The van der Waals surface area contributed by atoms with Crippen molar-refractivity contribution in [2.45, 2.75) is 6.04 Å². The van der Waals surface area contributed by atoms with E-state index in [4.69, 9.17) is 15.5 Å². The van der Waals surface area contributed by atoms with Crippen molar-refractivity contribution in [2.24, 2.45) is 5.73 Å². The summed E-state index contributed by atoms with van der Waals surface area (Å²) in [6, 6.07) is 8.06. The molecule has 0 aliphatic heterocycles. The quantitative estimate of drug-likeness (QED) is 0.495. The van der Waals surface area contributed by atoms with Gasteiger partial charge >= 0.3 is 0 Å². The van der Waals surface area contributed by atoms with E-state index in [-0.39, 0.29) is 6.04 Å². The van der Waals surface area contributed by atoms with Gasteiger partial charge in [0.25, 0.3) is 0 Å². The van der Waals surface area contributed by atoms with Gasteiger partial charge < -0.3 is 20.8 Å². The average Bonchev–Trinajstić information content (AvgIpc) is 3.10. The predicted octanol–water partition coefficient (Wildman–Crippen LogP) is 2.56. The lowest BCUT2D eigenvalue weighted by Crippen LogP contribution is -2.33. The molecule has 0 bridgehead atoms. The standard InChI is InChI=1S/C19H20N6O/c1-26-11-13(20)8-24-19-23-7-12-6-21-9-16(18(12)25-19)15-10-22-17-5-3-2-4-14(15)17/h2-7,9-10,13,22H,8,11,20H2,1H3,(H,23,24,25). The van der Waals surface area contributed by atoms with E-state index in [0.29, 0.717) is 19.1 Å². The number of nitrogens with one attached hydrogen (secondary N) is 2. The van der Waals surface area contributed by atoms with Gasteiger partial charge in [-0.15, -0.1) is 0 Å². The highest BCUT2D eigenvalue weighted by molar-refractivity contribution is 6.03. The van der Waals surface area contributed by atoms with Gasteiger partial charge in [-0.25, -0.2) is 9.97 Å². The number of fused-ring (bicyclic) bond motifs is 2. The number of hydrogen-bond donors (Lipinski definition) is 3. The van der Waals surface area contributed by atoms with Crippen LogP contribution in [0.3, 0.4) is 0 Å². The van der Waals surface area contributed by atoms with Gasteiger partial charge in [-0.05, 0) is 6.07 Å². The minimum absolute atomic E-state index is 0.121. The maximum absolute atomic E-state index is 5.96.